The van der Waals surface area contributed by atoms with Gasteiger partial charge >= 0.3 is 18.0 Å². The summed E-state index contributed by atoms with van der Waals surface area (Å²) in [7, 11) is 0. The second-order valence-corrected chi connectivity index (χ2v) is 1.52. The molecule has 2 amide bonds. The van der Waals surface area contributed by atoms with Crippen LogP contribution in [0.3, 0.4) is 0 Å². The Bertz CT molecular complexity index is 208. The number of primary amides is 1. The fraction of sp³-hybridized carbons (Fsp3) is 0. The van der Waals surface area contributed by atoms with E-state index in [0.717, 1.165) is 0 Å². The third-order valence-corrected chi connectivity index (χ3v) is 0.511. The Morgan fingerprint density at radius 2 is 1.31 bits per heavy atom. The fourth-order valence-electron chi connectivity index (χ4n) is 0.143. The molecule has 0 aromatic rings. The Morgan fingerprint density at radius 1 is 1.08 bits per heavy atom. The molecule has 0 rings (SSSR count). The van der Waals surface area contributed by atoms with E-state index >= 15 is 0 Å². The van der Waals surface area contributed by atoms with Gasteiger partial charge in [-0.25, -0.2) is 20.2 Å². The highest BCUT2D eigenvalue weighted by Gasteiger charge is 1.88. The average molecular weight is 191 g/mol. The molecule has 0 bridgehead atoms. The minimum Gasteiger partial charge on any atom is -0.478 e. The van der Waals surface area contributed by atoms with Gasteiger partial charge in [-0.3, -0.25) is 5.43 Å². The van der Waals surface area contributed by atoms with Crippen molar-refractivity contribution in [3.8, 4) is 0 Å². The summed E-state index contributed by atoms with van der Waals surface area (Å²) in [5.41, 5.74) is 6.08. The van der Waals surface area contributed by atoms with Gasteiger partial charge in [0, 0.05) is 12.2 Å². The maximum absolute atomic E-state index is 9.55. The van der Waals surface area contributed by atoms with Crippen molar-refractivity contribution >= 4 is 18.0 Å². The summed E-state index contributed by atoms with van der Waals surface area (Å²) >= 11 is 0. The van der Waals surface area contributed by atoms with Gasteiger partial charge in [-0.2, -0.15) is 0 Å². The number of aliphatic carboxylic acids is 2. The van der Waals surface area contributed by atoms with Crippen LogP contribution < -0.4 is 17.0 Å². The molecule has 0 saturated carbocycles. The normalized spacial score (nSPS) is 8.38. The Morgan fingerprint density at radius 3 is 1.38 bits per heavy atom. The predicted octanol–water partition coefficient (Wildman–Crippen LogP) is -1.76. The highest BCUT2D eigenvalue weighted by Crippen LogP contribution is 1.70. The molecule has 0 saturated heterocycles. The molecule has 8 nitrogen and oxygen atoms in total. The van der Waals surface area contributed by atoms with Crippen LogP contribution in [0.1, 0.15) is 0 Å². The number of nitrogens with one attached hydrogen (secondary N) is 1. The molecule has 0 radical (unpaired) electrons. The number of hydrogen-bond acceptors (Lipinski definition) is 4. The van der Waals surface area contributed by atoms with E-state index in [2.05, 4.69) is 11.6 Å². The van der Waals surface area contributed by atoms with Crippen molar-refractivity contribution in [3.05, 3.63) is 12.2 Å². The monoisotopic (exact) mass is 191 g/mol. The molecule has 0 aromatic heterocycles. The Hall–Kier alpha value is -2.09. The summed E-state index contributed by atoms with van der Waals surface area (Å²) in [4.78, 5) is 28.5. The predicted molar refractivity (Wildman–Crippen MR) is 41.3 cm³/mol. The van der Waals surface area contributed by atoms with E-state index in [0.29, 0.717) is 12.2 Å². The van der Waals surface area contributed by atoms with Crippen LogP contribution in [0.2, 0.25) is 0 Å². The summed E-state index contributed by atoms with van der Waals surface area (Å²) < 4.78 is 0. The van der Waals surface area contributed by atoms with Gasteiger partial charge in [0.1, 0.15) is 0 Å². The quantitative estimate of drug-likeness (QED) is 0.150. The second kappa shape index (κ2) is 8.01. The number of carbonyl (C=O) groups excluding carboxylic acids is 1. The van der Waals surface area contributed by atoms with Crippen LogP contribution in [0, 0.1) is 0 Å². The summed E-state index contributed by atoms with van der Waals surface area (Å²) in [6, 6.07) is -0.718. The van der Waals surface area contributed by atoms with Gasteiger partial charge < -0.3 is 15.9 Å². The van der Waals surface area contributed by atoms with E-state index in [1.165, 1.54) is 0 Å². The van der Waals surface area contributed by atoms with Gasteiger partial charge in [0.15, 0.2) is 0 Å². The average Bonchev–Trinajstić information content (AvgIpc) is 2.02. The highest BCUT2D eigenvalue weighted by atomic mass is 16.4. The van der Waals surface area contributed by atoms with Gasteiger partial charge in [0.05, 0.1) is 0 Å². The molecule has 13 heavy (non-hydrogen) atoms. The standard InChI is InChI=1S/C4H4O4.CH5N3O/c5-3(6)1-2-4(7)8;2-1(5)4-3/h1-2H,(H,5,6)(H,7,8);3H2,(H3,2,4,5). The van der Waals surface area contributed by atoms with E-state index in [-0.39, 0.29) is 0 Å². The number of carboxylic acids is 2. The van der Waals surface area contributed by atoms with Crippen LogP contribution in [-0.4, -0.2) is 28.2 Å². The number of carboxylic acid groups (broad SMARTS) is 2. The zero-order chi connectivity index (χ0) is 10.9. The molecule has 0 spiro atoms. The number of carbonyl (C=O) groups is 3. The lowest BCUT2D eigenvalue weighted by atomic mass is 10.5. The Kier molecular flexibility index (Phi) is 8.32. The molecular weight excluding hydrogens is 182 g/mol. The lowest BCUT2D eigenvalue weighted by molar-refractivity contribution is -0.134. The summed E-state index contributed by atoms with van der Waals surface area (Å²) in [5, 5.41) is 15.6. The molecule has 0 unspecified atom stereocenters. The molecule has 74 valence electrons. The fourth-order valence-corrected chi connectivity index (χ4v) is 0.143. The van der Waals surface area contributed by atoms with Crippen molar-refractivity contribution in [3.63, 3.8) is 0 Å². The highest BCUT2D eigenvalue weighted by molar-refractivity contribution is 5.89. The number of urea groups is 1. The number of hydrogen-bond donors (Lipinski definition) is 5. The van der Waals surface area contributed by atoms with Crippen molar-refractivity contribution in [2.75, 3.05) is 0 Å². The topological polar surface area (TPSA) is 156 Å². The molecule has 0 aliphatic rings. The second-order valence-electron chi connectivity index (χ2n) is 1.52. The molecule has 0 aliphatic carbocycles. The van der Waals surface area contributed by atoms with Gasteiger partial charge in [-0.1, -0.05) is 0 Å². The van der Waals surface area contributed by atoms with E-state index in [9.17, 15) is 14.4 Å². The number of hydrazine groups is 1. The molecule has 7 N–H and O–H groups in total. The van der Waals surface area contributed by atoms with E-state index in [1.807, 2.05) is 0 Å². The molecule has 8 heteroatoms. The first-order valence-electron chi connectivity index (χ1n) is 2.80. The van der Waals surface area contributed by atoms with Crippen molar-refractivity contribution in [1.82, 2.24) is 5.43 Å². The van der Waals surface area contributed by atoms with Crippen molar-refractivity contribution in [2.45, 2.75) is 0 Å². The molecule has 0 aliphatic heterocycles. The minimum atomic E-state index is -1.26. The van der Waals surface area contributed by atoms with Gasteiger partial charge in [-0.15, -0.1) is 0 Å². The summed E-state index contributed by atoms with van der Waals surface area (Å²) in [6.07, 6.45) is 1.12. The van der Waals surface area contributed by atoms with Gasteiger partial charge in [-0.05, 0) is 0 Å². The SMILES string of the molecule is NNC(N)=O.O=C(O)C=CC(=O)O. The maximum atomic E-state index is 9.55. The van der Waals surface area contributed by atoms with Crippen LogP contribution in [0.4, 0.5) is 4.79 Å². The number of nitrogens with two attached hydrogens (primary N) is 2. The third kappa shape index (κ3) is 25.7. The first kappa shape index (κ1) is 13.5. The number of amides is 2. The maximum Gasteiger partial charge on any atom is 0.328 e. The van der Waals surface area contributed by atoms with Crippen LogP contribution in [0.15, 0.2) is 12.2 Å². The Balaban J connectivity index is 0. The van der Waals surface area contributed by atoms with Crippen LogP contribution >= 0.6 is 0 Å². The molecule has 0 fully saturated rings. The van der Waals surface area contributed by atoms with Crippen molar-refractivity contribution < 1.29 is 24.6 Å². The van der Waals surface area contributed by atoms with Crippen LogP contribution in [-0.2, 0) is 9.59 Å². The molecular formula is C5H9N3O5. The van der Waals surface area contributed by atoms with E-state index in [4.69, 9.17) is 10.2 Å². The summed E-state index contributed by atoms with van der Waals surface area (Å²) in [6.45, 7) is 0. The largest absolute Gasteiger partial charge is 0.478 e. The lowest BCUT2D eigenvalue weighted by Crippen LogP contribution is -2.34. The third-order valence-electron chi connectivity index (χ3n) is 0.511. The molecule has 0 aromatic carbocycles. The molecule has 0 atom stereocenters. The minimum absolute atomic E-state index is 0.558. The van der Waals surface area contributed by atoms with Crippen molar-refractivity contribution in [2.24, 2.45) is 11.6 Å². The van der Waals surface area contributed by atoms with Gasteiger partial charge in [0.25, 0.3) is 0 Å². The summed E-state index contributed by atoms with van der Waals surface area (Å²) in [5.74, 6) is 1.93. The zero-order valence-corrected chi connectivity index (χ0v) is 6.43. The smallest absolute Gasteiger partial charge is 0.328 e. The van der Waals surface area contributed by atoms with Gasteiger partial charge in [0.2, 0.25) is 0 Å². The first-order valence-corrected chi connectivity index (χ1v) is 2.80. The van der Waals surface area contributed by atoms with E-state index < -0.39 is 18.0 Å². The molecule has 0 heterocycles. The van der Waals surface area contributed by atoms with Crippen LogP contribution in [0.5, 0.6) is 0 Å². The van der Waals surface area contributed by atoms with Crippen molar-refractivity contribution in [1.29, 1.82) is 0 Å². The zero-order valence-electron chi connectivity index (χ0n) is 6.43. The Labute approximate surface area is 72.8 Å². The first-order chi connectivity index (χ1) is 5.90. The number of rotatable bonds is 2. The lowest BCUT2D eigenvalue weighted by Gasteiger charge is -1.81. The van der Waals surface area contributed by atoms with E-state index in [1.54, 1.807) is 5.43 Å². The van der Waals surface area contributed by atoms with Crippen LogP contribution in [0.25, 0.3) is 0 Å².